The van der Waals surface area contributed by atoms with E-state index < -0.39 is 15.9 Å². The predicted octanol–water partition coefficient (Wildman–Crippen LogP) is 2.66. The summed E-state index contributed by atoms with van der Waals surface area (Å²) in [4.78, 5) is 39.8. The Morgan fingerprint density at radius 2 is 1.53 bits per heavy atom. The average Bonchev–Trinajstić information content (AvgIpc) is 3.00. The average molecular weight is 458 g/mol. The summed E-state index contributed by atoms with van der Waals surface area (Å²) in [6.07, 6.45) is 2.29. The third-order valence-corrected chi connectivity index (χ3v) is 6.39. The minimum absolute atomic E-state index is 0.0529. The molecule has 0 atom stereocenters. The van der Waals surface area contributed by atoms with E-state index in [9.17, 15) is 22.8 Å². The molecule has 8 nitrogen and oxygen atoms in total. The van der Waals surface area contributed by atoms with Crippen LogP contribution in [0.1, 0.15) is 59.4 Å². The number of rotatable bonds is 10. The Labute approximate surface area is 188 Å². The number of nitrogens with zero attached hydrogens (tertiary/aromatic N) is 1. The molecule has 2 N–H and O–H groups in total. The highest BCUT2D eigenvalue weighted by atomic mass is 32.2. The molecule has 1 heterocycles. The number of sulfonamides is 1. The first-order valence-electron chi connectivity index (χ1n) is 10.5. The molecule has 0 radical (unpaired) electrons. The van der Waals surface area contributed by atoms with Gasteiger partial charge in [-0.3, -0.25) is 24.7 Å². The van der Waals surface area contributed by atoms with Gasteiger partial charge in [-0.15, -0.1) is 4.83 Å². The zero-order valence-corrected chi connectivity index (χ0v) is 18.9. The summed E-state index contributed by atoms with van der Waals surface area (Å²) in [7, 11) is -3.85. The molecule has 170 valence electrons. The Hall–Kier alpha value is -3.04. The van der Waals surface area contributed by atoms with E-state index in [1.807, 2.05) is 13.8 Å². The Morgan fingerprint density at radius 3 is 2.09 bits per heavy atom. The largest absolute Gasteiger partial charge is 0.278 e. The molecular formula is C23H27N3O5S. The number of amides is 3. The first kappa shape index (κ1) is 23.6. The lowest BCUT2D eigenvalue weighted by Gasteiger charge is -2.13. The van der Waals surface area contributed by atoms with E-state index in [0.29, 0.717) is 30.5 Å². The highest BCUT2D eigenvalue weighted by Gasteiger charge is 2.34. The van der Waals surface area contributed by atoms with Gasteiger partial charge in [0.2, 0.25) is 5.91 Å². The van der Waals surface area contributed by atoms with Gasteiger partial charge in [0, 0.05) is 13.0 Å². The first-order chi connectivity index (χ1) is 15.2. The molecule has 0 bridgehead atoms. The van der Waals surface area contributed by atoms with Crippen LogP contribution in [0.3, 0.4) is 0 Å². The van der Waals surface area contributed by atoms with Crippen LogP contribution in [0, 0.1) is 5.92 Å². The smallest absolute Gasteiger partial charge is 0.261 e. The molecule has 3 rings (SSSR count). The number of hydrazine groups is 1. The Kier molecular flexibility index (Phi) is 7.42. The van der Waals surface area contributed by atoms with Crippen LogP contribution in [0.25, 0.3) is 0 Å². The fourth-order valence-corrected chi connectivity index (χ4v) is 4.34. The molecule has 3 amide bonds. The van der Waals surface area contributed by atoms with Crippen LogP contribution in [0.15, 0.2) is 53.4 Å². The second kappa shape index (κ2) is 10.1. The van der Waals surface area contributed by atoms with Crippen LogP contribution in [0.2, 0.25) is 0 Å². The summed E-state index contributed by atoms with van der Waals surface area (Å²) in [5, 5.41) is 0. The lowest BCUT2D eigenvalue weighted by Crippen LogP contribution is -2.41. The molecule has 9 heteroatoms. The second-order valence-corrected chi connectivity index (χ2v) is 9.84. The second-order valence-electron chi connectivity index (χ2n) is 8.16. The highest BCUT2D eigenvalue weighted by Crippen LogP contribution is 2.23. The van der Waals surface area contributed by atoms with Gasteiger partial charge in [-0.1, -0.05) is 38.1 Å². The van der Waals surface area contributed by atoms with Crippen molar-refractivity contribution in [1.82, 2.24) is 15.2 Å². The molecule has 0 saturated carbocycles. The van der Waals surface area contributed by atoms with Gasteiger partial charge in [0.25, 0.3) is 21.8 Å². The van der Waals surface area contributed by atoms with Crippen molar-refractivity contribution in [1.29, 1.82) is 0 Å². The maximum atomic E-state index is 12.4. The number of fused-ring (bicyclic) bond motifs is 1. The van der Waals surface area contributed by atoms with Gasteiger partial charge in [0.05, 0.1) is 16.0 Å². The number of imide groups is 1. The van der Waals surface area contributed by atoms with Crippen molar-refractivity contribution in [2.24, 2.45) is 5.92 Å². The minimum Gasteiger partial charge on any atom is -0.278 e. The fraction of sp³-hybridized carbons (Fsp3) is 0.348. The maximum absolute atomic E-state index is 12.4. The molecule has 1 aliphatic heterocycles. The Balaban J connectivity index is 1.47. The Morgan fingerprint density at radius 1 is 0.938 bits per heavy atom. The zero-order chi connectivity index (χ0) is 23.3. The summed E-state index contributed by atoms with van der Waals surface area (Å²) in [6.45, 7) is 4.08. The van der Waals surface area contributed by atoms with Crippen molar-refractivity contribution in [3.8, 4) is 0 Å². The van der Waals surface area contributed by atoms with Gasteiger partial charge in [-0.2, -0.15) is 0 Å². The molecule has 0 saturated heterocycles. The summed E-state index contributed by atoms with van der Waals surface area (Å²) in [5.41, 5.74) is 4.05. The van der Waals surface area contributed by atoms with Crippen LogP contribution < -0.4 is 10.3 Å². The topological polar surface area (TPSA) is 113 Å². The van der Waals surface area contributed by atoms with E-state index in [1.165, 1.54) is 17.0 Å². The van der Waals surface area contributed by atoms with E-state index in [-0.39, 0.29) is 29.0 Å². The van der Waals surface area contributed by atoms with Crippen LogP contribution in [-0.2, 0) is 21.2 Å². The normalized spacial score (nSPS) is 13.5. The van der Waals surface area contributed by atoms with Crippen LogP contribution >= 0.6 is 0 Å². The lowest BCUT2D eigenvalue weighted by molar-refractivity contribution is -0.122. The lowest BCUT2D eigenvalue weighted by atomic mass is 10.1. The van der Waals surface area contributed by atoms with E-state index in [2.05, 4.69) is 10.3 Å². The number of carbonyl (C=O) groups excluding carboxylic acids is 3. The standard InChI is InChI=1S/C23H27N3O5S/c1-16(2)15-21(27)24-25-32(30,31)18-12-10-17(11-13-18)7-5-6-14-26-22(28)19-8-3-4-9-20(19)23(26)29/h3-4,8-13,16,25H,5-7,14-15H2,1-2H3,(H,24,27). The Bertz CT molecular complexity index is 1080. The summed E-state index contributed by atoms with van der Waals surface area (Å²) >= 11 is 0. The molecule has 32 heavy (non-hydrogen) atoms. The molecule has 0 unspecified atom stereocenters. The fourth-order valence-electron chi connectivity index (χ4n) is 3.48. The van der Waals surface area contributed by atoms with Crippen molar-refractivity contribution in [3.63, 3.8) is 0 Å². The summed E-state index contributed by atoms with van der Waals surface area (Å²) in [5.74, 6) is -0.782. The van der Waals surface area contributed by atoms with Crippen LogP contribution in [-0.4, -0.2) is 37.6 Å². The number of benzene rings is 2. The molecule has 0 fully saturated rings. The van der Waals surface area contributed by atoms with Gasteiger partial charge in [0.1, 0.15) is 0 Å². The van der Waals surface area contributed by atoms with Gasteiger partial charge in [0.15, 0.2) is 0 Å². The van der Waals surface area contributed by atoms with E-state index >= 15 is 0 Å². The summed E-state index contributed by atoms with van der Waals surface area (Å²) < 4.78 is 24.6. The molecule has 0 spiro atoms. The highest BCUT2D eigenvalue weighted by molar-refractivity contribution is 7.89. The number of nitrogens with one attached hydrogen (secondary N) is 2. The van der Waals surface area contributed by atoms with Gasteiger partial charge >= 0.3 is 0 Å². The monoisotopic (exact) mass is 457 g/mol. The molecule has 2 aromatic carbocycles. The number of hydrogen-bond donors (Lipinski definition) is 2. The number of carbonyl (C=O) groups is 3. The predicted molar refractivity (Wildman–Crippen MR) is 119 cm³/mol. The van der Waals surface area contributed by atoms with Crippen molar-refractivity contribution >= 4 is 27.7 Å². The van der Waals surface area contributed by atoms with E-state index in [1.54, 1.807) is 36.4 Å². The van der Waals surface area contributed by atoms with E-state index in [4.69, 9.17) is 0 Å². The quantitative estimate of drug-likeness (QED) is 0.324. The van der Waals surface area contributed by atoms with Gasteiger partial charge < -0.3 is 0 Å². The van der Waals surface area contributed by atoms with Crippen LogP contribution in [0.5, 0.6) is 0 Å². The third-order valence-electron chi connectivity index (χ3n) is 5.13. The van der Waals surface area contributed by atoms with Gasteiger partial charge in [-0.05, 0) is 55.0 Å². The summed E-state index contributed by atoms with van der Waals surface area (Å²) in [6, 6.07) is 13.2. The molecule has 2 aromatic rings. The third kappa shape index (κ3) is 5.60. The molecular weight excluding hydrogens is 430 g/mol. The maximum Gasteiger partial charge on any atom is 0.261 e. The van der Waals surface area contributed by atoms with Crippen LogP contribution in [0.4, 0.5) is 0 Å². The molecule has 0 aromatic heterocycles. The number of unbranched alkanes of at least 4 members (excludes halogenated alkanes) is 1. The number of hydrogen-bond acceptors (Lipinski definition) is 5. The van der Waals surface area contributed by atoms with Crippen molar-refractivity contribution in [2.45, 2.75) is 44.4 Å². The molecule has 1 aliphatic rings. The van der Waals surface area contributed by atoms with Crippen molar-refractivity contribution in [2.75, 3.05) is 6.54 Å². The zero-order valence-electron chi connectivity index (χ0n) is 18.1. The SMILES string of the molecule is CC(C)CC(=O)NNS(=O)(=O)c1ccc(CCCCN2C(=O)c3ccccc3C2=O)cc1. The van der Waals surface area contributed by atoms with Crippen molar-refractivity contribution < 1.29 is 22.8 Å². The van der Waals surface area contributed by atoms with Gasteiger partial charge in [-0.25, -0.2) is 8.42 Å². The van der Waals surface area contributed by atoms with Crippen molar-refractivity contribution in [3.05, 3.63) is 65.2 Å². The minimum atomic E-state index is -3.85. The molecule has 0 aliphatic carbocycles. The number of aryl methyl sites for hydroxylation is 1. The van der Waals surface area contributed by atoms with E-state index in [0.717, 1.165) is 12.0 Å². The first-order valence-corrected chi connectivity index (χ1v) is 12.0.